The Labute approximate surface area is 80.8 Å². The Balaban J connectivity index is 2.10. The lowest BCUT2D eigenvalue weighted by Gasteiger charge is -1.90. The summed E-state index contributed by atoms with van der Waals surface area (Å²) >= 11 is 1.75. The van der Waals surface area contributed by atoms with Gasteiger partial charge in [0.05, 0.1) is 0 Å². The molecule has 0 amide bonds. The molecule has 0 atom stereocenters. The standard InChI is InChI=1S/C9H11N3S/c1-2-8-10-9(12-11-8)6-7-4-3-5-13-7/h3-5H,2,6H2,1H3,(H,10,11,12). The summed E-state index contributed by atoms with van der Waals surface area (Å²) in [6.45, 7) is 2.06. The number of H-pyrrole nitrogens is 1. The molecule has 0 aliphatic rings. The van der Waals surface area contributed by atoms with Crippen LogP contribution in [-0.4, -0.2) is 15.2 Å². The Kier molecular flexibility index (Phi) is 2.40. The van der Waals surface area contributed by atoms with Gasteiger partial charge in [-0.15, -0.1) is 21.5 Å². The minimum atomic E-state index is 0.866. The van der Waals surface area contributed by atoms with E-state index in [-0.39, 0.29) is 0 Å². The van der Waals surface area contributed by atoms with Crippen molar-refractivity contribution in [2.75, 3.05) is 0 Å². The van der Waals surface area contributed by atoms with Crippen LogP contribution < -0.4 is 0 Å². The highest BCUT2D eigenvalue weighted by Gasteiger charge is 2.02. The Bertz CT molecular complexity index is 364. The minimum Gasteiger partial charge on any atom is -0.329 e. The number of aromatic nitrogens is 3. The molecule has 0 unspecified atom stereocenters. The maximum atomic E-state index is 4.06. The van der Waals surface area contributed by atoms with E-state index in [1.807, 2.05) is 0 Å². The van der Waals surface area contributed by atoms with Crippen LogP contribution in [-0.2, 0) is 12.8 Å². The molecule has 2 aromatic rings. The number of nitrogens with zero attached hydrogens (tertiary/aromatic N) is 2. The van der Waals surface area contributed by atoms with E-state index in [1.165, 1.54) is 4.88 Å². The number of thiophene rings is 1. The quantitative estimate of drug-likeness (QED) is 0.810. The van der Waals surface area contributed by atoms with Gasteiger partial charge in [-0.2, -0.15) is 0 Å². The Morgan fingerprint density at radius 1 is 1.38 bits per heavy atom. The van der Waals surface area contributed by atoms with Gasteiger partial charge in [0.2, 0.25) is 0 Å². The zero-order chi connectivity index (χ0) is 9.10. The average Bonchev–Trinajstić information content (AvgIpc) is 2.76. The summed E-state index contributed by atoms with van der Waals surface area (Å²) in [6.07, 6.45) is 1.78. The van der Waals surface area contributed by atoms with Gasteiger partial charge in [-0.1, -0.05) is 13.0 Å². The summed E-state index contributed by atoms with van der Waals surface area (Å²) in [7, 11) is 0. The second-order valence-corrected chi connectivity index (χ2v) is 3.86. The predicted molar refractivity (Wildman–Crippen MR) is 52.9 cm³/mol. The summed E-state index contributed by atoms with van der Waals surface area (Å²) in [5.74, 6) is 1.92. The third kappa shape index (κ3) is 1.95. The number of hydrogen-bond acceptors (Lipinski definition) is 3. The highest BCUT2D eigenvalue weighted by molar-refractivity contribution is 7.09. The molecule has 3 nitrogen and oxygen atoms in total. The van der Waals surface area contributed by atoms with Crippen molar-refractivity contribution >= 4 is 11.3 Å². The molecule has 0 fully saturated rings. The molecule has 0 aromatic carbocycles. The second-order valence-electron chi connectivity index (χ2n) is 2.83. The first-order chi connectivity index (χ1) is 6.38. The van der Waals surface area contributed by atoms with E-state index in [0.717, 1.165) is 24.5 Å². The van der Waals surface area contributed by atoms with Gasteiger partial charge in [-0.25, -0.2) is 0 Å². The molecule has 1 N–H and O–H groups in total. The van der Waals surface area contributed by atoms with Crippen molar-refractivity contribution in [1.82, 2.24) is 15.2 Å². The van der Waals surface area contributed by atoms with Crippen molar-refractivity contribution in [3.63, 3.8) is 0 Å². The van der Waals surface area contributed by atoms with Crippen molar-refractivity contribution in [2.24, 2.45) is 0 Å². The molecule has 13 heavy (non-hydrogen) atoms. The van der Waals surface area contributed by atoms with Crippen LogP contribution >= 0.6 is 11.3 Å². The van der Waals surface area contributed by atoms with Crippen LogP contribution in [0.3, 0.4) is 0 Å². The molecule has 2 aromatic heterocycles. The zero-order valence-electron chi connectivity index (χ0n) is 7.45. The third-order valence-corrected chi connectivity index (χ3v) is 2.71. The maximum absolute atomic E-state index is 4.06. The maximum Gasteiger partial charge on any atom is 0.135 e. The van der Waals surface area contributed by atoms with E-state index >= 15 is 0 Å². The lowest BCUT2D eigenvalue weighted by Crippen LogP contribution is -1.87. The largest absolute Gasteiger partial charge is 0.329 e. The number of aryl methyl sites for hydroxylation is 1. The van der Waals surface area contributed by atoms with Gasteiger partial charge in [0.1, 0.15) is 11.6 Å². The van der Waals surface area contributed by atoms with Gasteiger partial charge in [-0.3, -0.25) is 0 Å². The average molecular weight is 193 g/mol. The van der Waals surface area contributed by atoms with E-state index in [4.69, 9.17) is 0 Å². The Hall–Kier alpha value is -1.16. The van der Waals surface area contributed by atoms with Crippen LogP contribution in [0.1, 0.15) is 23.4 Å². The predicted octanol–water partition coefficient (Wildman–Crippen LogP) is 2.02. The molecule has 0 bridgehead atoms. The fraction of sp³-hybridized carbons (Fsp3) is 0.333. The fourth-order valence-electron chi connectivity index (χ4n) is 1.15. The molecule has 0 saturated carbocycles. The van der Waals surface area contributed by atoms with Crippen LogP contribution in [0.4, 0.5) is 0 Å². The number of hydrogen-bond donors (Lipinski definition) is 1. The van der Waals surface area contributed by atoms with Crippen molar-refractivity contribution in [3.05, 3.63) is 34.0 Å². The van der Waals surface area contributed by atoms with Gasteiger partial charge in [-0.05, 0) is 11.4 Å². The molecule has 0 spiro atoms. The van der Waals surface area contributed by atoms with Gasteiger partial charge < -0.3 is 4.98 Å². The summed E-state index contributed by atoms with van der Waals surface area (Å²) in [4.78, 5) is 4.50. The van der Waals surface area contributed by atoms with Crippen LogP contribution in [0.2, 0.25) is 0 Å². The molecule has 4 heteroatoms. The van der Waals surface area contributed by atoms with Gasteiger partial charge in [0.25, 0.3) is 0 Å². The fourth-order valence-corrected chi connectivity index (χ4v) is 1.86. The molecule has 0 aliphatic carbocycles. The topological polar surface area (TPSA) is 41.6 Å². The highest BCUT2D eigenvalue weighted by Crippen LogP contribution is 2.11. The molecule has 0 radical (unpaired) electrons. The zero-order valence-corrected chi connectivity index (χ0v) is 8.27. The van der Waals surface area contributed by atoms with Crippen LogP contribution in [0, 0.1) is 0 Å². The Morgan fingerprint density at radius 2 is 2.23 bits per heavy atom. The van der Waals surface area contributed by atoms with Crippen molar-refractivity contribution in [1.29, 1.82) is 0 Å². The van der Waals surface area contributed by atoms with E-state index in [9.17, 15) is 0 Å². The molecular formula is C9H11N3S. The molecule has 0 aliphatic heterocycles. The molecule has 68 valence electrons. The normalized spacial score (nSPS) is 10.5. The summed E-state index contributed by atoms with van der Waals surface area (Å²) in [5.41, 5.74) is 0. The van der Waals surface area contributed by atoms with Crippen LogP contribution in [0.5, 0.6) is 0 Å². The lowest BCUT2D eigenvalue weighted by atomic mass is 10.3. The first-order valence-corrected chi connectivity index (χ1v) is 5.19. The summed E-state index contributed by atoms with van der Waals surface area (Å²) in [5, 5.41) is 10.2. The smallest absolute Gasteiger partial charge is 0.135 e. The van der Waals surface area contributed by atoms with Crippen LogP contribution in [0.25, 0.3) is 0 Å². The molecular weight excluding hydrogens is 182 g/mol. The number of aromatic amines is 1. The summed E-state index contributed by atoms with van der Waals surface area (Å²) < 4.78 is 0. The second kappa shape index (κ2) is 3.70. The first kappa shape index (κ1) is 8.44. The van der Waals surface area contributed by atoms with Gasteiger partial charge in [0, 0.05) is 17.7 Å². The monoisotopic (exact) mass is 193 g/mol. The third-order valence-electron chi connectivity index (χ3n) is 1.84. The molecule has 0 saturated heterocycles. The van der Waals surface area contributed by atoms with Crippen molar-refractivity contribution in [3.8, 4) is 0 Å². The van der Waals surface area contributed by atoms with E-state index in [1.54, 1.807) is 11.3 Å². The van der Waals surface area contributed by atoms with E-state index in [2.05, 4.69) is 39.6 Å². The molecule has 2 rings (SSSR count). The number of rotatable bonds is 3. The van der Waals surface area contributed by atoms with E-state index < -0.39 is 0 Å². The number of nitrogens with one attached hydrogen (secondary N) is 1. The highest BCUT2D eigenvalue weighted by atomic mass is 32.1. The van der Waals surface area contributed by atoms with E-state index in [0.29, 0.717) is 0 Å². The minimum absolute atomic E-state index is 0.866. The van der Waals surface area contributed by atoms with Crippen molar-refractivity contribution < 1.29 is 0 Å². The van der Waals surface area contributed by atoms with Gasteiger partial charge >= 0.3 is 0 Å². The lowest BCUT2D eigenvalue weighted by molar-refractivity contribution is 0.943. The Morgan fingerprint density at radius 3 is 2.85 bits per heavy atom. The van der Waals surface area contributed by atoms with Gasteiger partial charge in [0.15, 0.2) is 0 Å². The molecule has 2 heterocycles. The summed E-state index contributed by atoms with van der Waals surface area (Å²) in [6, 6.07) is 4.16. The van der Waals surface area contributed by atoms with Crippen molar-refractivity contribution in [2.45, 2.75) is 19.8 Å². The SMILES string of the molecule is CCc1nnc(Cc2cccs2)[nH]1. The van der Waals surface area contributed by atoms with Crippen LogP contribution in [0.15, 0.2) is 17.5 Å². The first-order valence-electron chi connectivity index (χ1n) is 4.31.